The molecule has 4 atom stereocenters. The summed E-state index contributed by atoms with van der Waals surface area (Å²) in [4.78, 5) is 0. The van der Waals surface area contributed by atoms with Crippen molar-refractivity contribution in [3.63, 3.8) is 0 Å². The summed E-state index contributed by atoms with van der Waals surface area (Å²) in [5, 5.41) is 18.5. The molecular formula is C24H34O6. The van der Waals surface area contributed by atoms with E-state index in [9.17, 15) is 10.2 Å². The molecule has 0 fully saturated rings. The molecule has 2 aromatic carbocycles. The Morgan fingerprint density at radius 2 is 0.900 bits per heavy atom. The Morgan fingerprint density at radius 1 is 0.567 bits per heavy atom. The molecule has 0 bridgehead atoms. The molecule has 6 heteroatoms. The first-order chi connectivity index (χ1) is 14.3. The molecule has 0 amide bonds. The van der Waals surface area contributed by atoms with Gasteiger partial charge in [0.2, 0.25) is 0 Å². The largest absolute Gasteiger partial charge is 0.491 e. The van der Waals surface area contributed by atoms with Crippen molar-refractivity contribution in [2.75, 3.05) is 26.4 Å². The summed E-state index contributed by atoms with van der Waals surface area (Å²) in [5.41, 5.74) is 2.17. The maximum absolute atomic E-state index is 9.25. The van der Waals surface area contributed by atoms with Gasteiger partial charge in [0.25, 0.3) is 0 Å². The van der Waals surface area contributed by atoms with Gasteiger partial charge >= 0.3 is 0 Å². The van der Waals surface area contributed by atoms with E-state index < -0.39 is 12.2 Å². The Bertz CT molecular complexity index is 648. The van der Waals surface area contributed by atoms with Gasteiger partial charge in [-0.1, -0.05) is 24.3 Å². The first-order valence-corrected chi connectivity index (χ1v) is 10.4. The van der Waals surface area contributed by atoms with Gasteiger partial charge in [-0.25, -0.2) is 0 Å². The van der Waals surface area contributed by atoms with Gasteiger partial charge in [0.05, 0.1) is 37.6 Å². The van der Waals surface area contributed by atoms with Crippen LogP contribution in [0.4, 0.5) is 0 Å². The van der Waals surface area contributed by atoms with Crippen molar-refractivity contribution in [2.45, 2.75) is 52.1 Å². The van der Waals surface area contributed by atoms with Crippen LogP contribution in [-0.4, -0.2) is 61.1 Å². The predicted molar refractivity (Wildman–Crippen MR) is 117 cm³/mol. The molecule has 0 aliphatic heterocycles. The van der Waals surface area contributed by atoms with Crippen molar-refractivity contribution < 1.29 is 29.2 Å². The third kappa shape index (κ3) is 9.13. The predicted octanol–water partition coefficient (Wildman–Crippen LogP) is 3.68. The summed E-state index contributed by atoms with van der Waals surface area (Å²) in [7, 11) is 0. The molecule has 0 saturated carbocycles. The van der Waals surface area contributed by atoms with Crippen LogP contribution >= 0.6 is 0 Å². The first-order valence-electron chi connectivity index (χ1n) is 10.4. The highest BCUT2D eigenvalue weighted by atomic mass is 16.5. The minimum Gasteiger partial charge on any atom is -0.491 e. The number of rotatable bonds is 13. The van der Waals surface area contributed by atoms with E-state index in [4.69, 9.17) is 18.9 Å². The second-order valence-electron chi connectivity index (χ2n) is 7.66. The fraction of sp³-hybridized carbons (Fsp3) is 0.500. The molecule has 0 aromatic heterocycles. The third-order valence-electron chi connectivity index (χ3n) is 4.26. The molecule has 0 heterocycles. The number of aliphatic hydroxyl groups is 2. The molecule has 2 rings (SSSR count). The van der Waals surface area contributed by atoms with E-state index in [1.165, 1.54) is 0 Å². The SMILES string of the molecule is CC(O)COC(C)COc1ccc(-c2ccc(OCC(C)OCC(C)O)cc2)cc1. The van der Waals surface area contributed by atoms with Crippen LogP contribution in [0.3, 0.4) is 0 Å². The minimum absolute atomic E-state index is 0.0908. The van der Waals surface area contributed by atoms with Crippen molar-refractivity contribution in [1.82, 2.24) is 0 Å². The quantitative estimate of drug-likeness (QED) is 0.517. The van der Waals surface area contributed by atoms with E-state index in [0.29, 0.717) is 26.4 Å². The van der Waals surface area contributed by atoms with Gasteiger partial charge in [0.15, 0.2) is 0 Å². The lowest BCUT2D eigenvalue weighted by Gasteiger charge is -2.16. The fourth-order valence-corrected chi connectivity index (χ4v) is 2.62. The molecule has 30 heavy (non-hydrogen) atoms. The number of ether oxygens (including phenoxy) is 4. The average Bonchev–Trinajstić information content (AvgIpc) is 2.74. The standard InChI is InChI=1S/C24H34O6/c1-17(25)13-27-19(3)15-29-23-9-5-21(6-10-23)22-7-11-24(12-8-22)30-16-20(4)28-14-18(2)26/h5-12,17-20,25-26H,13-16H2,1-4H3. The molecular weight excluding hydrogens is 384 g/mol. The van der Waals surface area contributed by atoms with Crippen LogP contribution in [0, 0.1) is 0 Å². The maximum atomic E-state index is 9.25. The summed E-state index contributed by atoms with van der Waals surface area (Å²) in [6.07, 6.45) is -1.13. The monoisotopic (exact) mass is 418 g/mol. The third-order valence-corrected chi connectivity index (χ3v) is 4.26. The number of aliphatic hydroxyl groups excluding tert-OH is 2. The first kappa shape index (κ1) is 24.2. The minimum atomic E-state index is -0.477. The lowest BCUT2D eigenvalue weighted by Crippen LogP contribution is -2.22. The summed E-state index contributed by atoms with van der Waals surface area (Å²) in [6, 6.07) is 15.8. The van der Waals surface area contributed by atoms with E-state index in [0.717, 1.165) is 22.6 Å². The Kier molecular flexibility index (Phi) is 10.1. The van der Waals surface area contributed by atoms with Gasteiger partial charge < -0.3 is 29.2 Å². The van der Waals surface area contributed by atoms with E-state index in [1.54, 1.807) is 13.8 Å². The fourth-order valence-electron chi connectivity index (χ4n) is 2.62. The van der Waals surface area contributed by atoms with E-state index >= 15 is 0 Å². The zero-order valence-electron chi connectivity index (χ0n) is 18.3. The molecule has 6 nitrogen and oxygen atoms in total. The highest BCUT2D eigenvalue weighted by Gasteiger charge is 2.07. The van der Waals surface area contributed by atoms with E-state index in [1.807, 2.05) is 62.4 Å². The Labute approximate surface area is 179 Å². The van der Waals surface area contributed by atoms with Crippen LogP contribution in [0.1, 0.15) is 27.7 Å². The van der Waals surface area contributed by atoms with Gasteiger partial charge in [0, 0.05) is 0 Å². The smallest absolute Gasteiger partial charge is 0.119 e. The van der Waals surface area contributed by atoms with Gasteiger partial charge in [-0.05, 0) is 63.1 Å². The second kappa shape index (κ2) is 12.5. The number of hydrogen-bond acceptors (Lipinski definition) is 6. The van der Waals surface area contributed by atoms with Crippen LogP contribution in [0.15, 0.2) is 48.5 Å². The zero-order valence-corrected chi connectivity index (χ0v) is 18.3. The maximum Gasteiger partial charge on any atom is 0.119 e. The molecule has 166 valence electrons. The van der Waals surface area contributed by atoms with Crippen molar-refractivity contribution >= 4 is 0 Å². The Morgan fingerprint density at radius 3 is 1.20 bits per heavy atom. The highest BCUT2D eigenvalue weighted by molar-refractivity contribution is 5.64. The highest BCUT2D eigenvalue weighted by Crippen LogP contribution is 2.25. The molecule has 0 aliphatic rings. The average molecular weight is 419 g/mol. The van der Waals surface area contributed by atoms with Crippen LogP contribution in [0.5, 0.6) is 11.5 Å². The van der Waals surface area contributed by atoms with Crippen LogP contribution in [0.25, 0.3) is 11.1 Å². The van der Waals surface area contributed by atoms with Gasteiger partial charge in [0.1, 0.15) is 24.7 Å². The summed E-state index contributed by atoms with van der Waals surface area (Å²) in [5.74, 6) is 1.55. The van der Waals surface area contributed by atoms with Crippen LogP contribution in [-0.2, 0) is 9.47 Å². The second-order valence-corrected chi connectivity index (χ2v) is 7.66. The van der Waals surface area contributed by atoms with Crippen molar-refractivity contribution in [1.29, 1.82) is 0 Å². The molecule has 2 N–H and O–H groups in total. The van der Waals surface area contributed by atoms with E-state index in [-0.39, 0.29) is 12.2 Å². The molecule has 0 saturated heterocycles. The van der Waals surface area contributed by atoms with Gasteiger partial charge in [-0.3, -0.25) is 0 Å². The topological polar surface area (TPSA) is 77.4 Å². The van der Waals surface area contributed by atoms with Crippen LogP contribution < -0.4 is 9.47 Å². The van der Waals surface area contributed by atoms with E-state index in [2.05, 4.69) is 0 Å². The Hall–Kier alpha value is -2.12. The molecule has 2 aromatic rings. The van der Waals surface area contributed by atoms with Crippen molar-refractivity contribution in [3.05, 3.63) is 48.5 Å². The summed E-state index contributed by atoms with van der Waals surface area (Å²) in [6.45, 7) is 8.68. The molecule has 4 unspecified atom stereocenters. The molecule has 0 radical (unpaired) electrons. The zero-order chi connectivity index (χ0) is 21.9. The van der Waals surface area contributed by atoms with Crippen LogP contribution in [0.2, 0.25) is 0 Å². The van der Waals surface area contributed by atoms with Gasteiger partial charge in [-0.15, -0.1) is 0 Å². The van der Waals surface area contributed by atoms with Crippen molar-refractivity contribution in [2.24, 2.45) is 0 Å². The van der Waals surface area contributed by atoms with Gasteiger partial charge in [-0.2, -0.15) is 0 Å². The lowest BCUT2D eigenvalue weighted by atomic mass is 10.1. The lowest BCUT2D eigenvalue weighted by molar-refractivity contribution is -0.0132. The normalized spacial score (nSPS) is 15.3. The Balaban J connectivity index is 1.80. The summed E-state index contributed by atoms with van der Waals surface area (Å²) < 4.78 is 22.5. The molecule has 0 spiro atoms. The molecule has 0 aliphatic carbocycles. The summed E-state index contributed by atoms with van der Waals surface area (Å²) >= 11 is 0. The number of benzene rings is 2. The van der Waals surface area contributed by atoms with Crippen molar-refractivity contribution in [3.8, 4) is 22.6 Å². The number of hydrogen-bond donors (Lipinski definition) is 2.